The second-order valence-corrected chi connectivity index (χ2v) is 4.72. The molecular formula is C13H5N3O7. The quantitative estimate of drug-likeness (QED) is 0.612. The molecule has 0 N–H and O–H groups in total. The molecule has 0 saturated carbocycles. The number of Topliss-reactive ketones (excluding diaryl/α,β-unsaturated/α-hetero) is 1. The Hall–Kier alpha value is -3.69. The van der Waals surface area contributed by atoms with E-state index in [1.54, 1.807) is 0 Å². The molecule has 23 heavy (non-hydrogen) atoms. The van der Waals surface area contributed by atoms with E-state index in [4.69, 9.17) is 0 Å². The summed E-state index contributed by atoms with van der Waals surface area (Å²) in [6.07, 6.45) is 3.39. The molecule has 3 rings (SSSR count). The maximum Gasteiger partial charge on any atom is 0.316 e. The fourth-order valence-corrected chi connectivity index (χ4v) is 2.54. The van der Waals surface area contributed by atoms with Crippen molar-refractivity contribution in [3.05, 3.63) is 77.0 Å². The number of allylic oxidation sites excluding steroid dienone is 4. The second kappa shape index (κ2) is 4.66. The molecular weight excluding hydrogens is 310 g/mol. The molecule has 0 bridgehead atoms. The van der Waals surface area contributed by atoms with Crippen LogP contribution in [-0.2, 0) is 4.79 Å². The van der Waals surface area contributed by atoms with Crippen molar-refractivity contribution in [2.24, 2.45) is 0 Å². The highest BCUT2D eigenvalue weighted by molar-refractivity contribution is 6.25. The third-order valence-corrected chi connectivity index (χ3v) is 3.48. The van der Waals surface area contributed by atoms with Crippen LogP contribution in [-0.4, -0.2) is 20.6 Å². The van der Waals surface area contributed by atoms with Crippen LogP contribution in [0.4, 0.5) is 11.4 Å². The Kier molecular flexibility index (Phi) is 2.89. The van der Waals surface area contributed by atoms with Gasteiger partial charge in [-0.05, 0) is 17.7 Å². The standard InChI is InChI=1S/C13H5N3O7/c17-13-9-4-6-3-7(14(18)19)5-11(16(22)23)12(6)8(9)1-2-10(13)15(20)21/h1-5H. The molecule has 2 aliphatic carbocycles. The van der Waals surface area contributed by atoms with E-state index in [1.807, 2.05) is 0 Å². The zero-order valence-electron chi connectivity index (χ0n) is 11.1. The van der Waals surface area contributed by atoms with E-state index >= 15 is 0 Å². The summed E-state index contributed by atoms with van der Waals surface area (Å²) in [6, 6.07) is 1.89. The molecule has 114 valence electrons. The molecule has 0 radical (unpaired) electrons. The number of benzene rings is 1. The van der Waals surface area contributed by atoms with Gasteiger partial charge in [0.15, 0.2) is 0 Å². The van der Waals surface area contributed by atoms with Crippen molar-refractivity contribution in [1.82, 2.24) is 0 Å². The monoisotopic (exact) mass is 315 g/mol. The number of nitrogens with zero attached hydrogens (tertiary/aromatic N) is 3. The van der Waals surface area contributed by atoms with Crippen LogP contribution >= 0.6 is 0 Å². The van der Waals surface area contributed by atoms with Crippen molar-refractivity contribution in [3.63, 3.8) is 0 Å². The van der Waals surface area contributed by atoms with Gasteiger partial charge in [0.1, 0.15) is 0 Å². The summed E-state index contributed by atoms with van der Waals surface area (Å²) < 4.78 is 0. The number of non-ortho nitro benzene ring substituents is 1. The first-order chi connectivity index (χ1) is 10.8. The average molecular weight is 315 g/mol. The zero-order chi connectivity index (χ0) is 16.9. The molecule has 10 nitrogen and oxygen atoms in total. The van der Waals surface area contributed by atoms with Crippen LogP contribution < -0.4 is 0 Å². The molecule has 0 aliphatic heterocycles. The number of ketones is 1. The molecule has 0 heterocycles. The van der Waals surface area contributed by atoms with Gasteiger partial charge in [-0.2, -0.15) is 0 Å². The summed E-state index contributed by atoms with van der Waals surface area (Å²) in [4.78, 5) is 42.5. The molecule has 2 aliphatic rings. The molecule has 0 fully saturated rings. The van der Waals surface area contributed by atoms with E-state index in [-0.39, 0.29) is 22.3 Å². The van der Waals surface area contributed by atoms with Gasteiger partial charge in [0.2, 0.25) is 0 Å². The Labute approximate surface area is 126 Å². The van der Waals surface area contributed by atoms with Gasteiger partial charge in [0.25, 0.3) is 17.2 Å². The van der Waals surface area contributed by atoms with Crippen LogP contribution in [0.2, 0.25) is 0 Å². The summed E-state index contributed by atoms with van der Waals surface area (Å²) in [5.74, 6) is -0.888. The number of nitro groups is 3. The summed E-state index contributed by atoms with van der Waals surface area (Å²) in [6.45, 7) is 0. The number of hydrogen-bond acceptors (Lipinski definition) is 7. The lowest BCUT2D eigenvalue weighted by Crippen LogP contribution is -2.16. The van der Waals surface area contributed by atoms with Crippen molar-refractivity contribution in [2.75, 3.05) is 0 Å². The number of carbonyl (C=O) groups is 1. The van der Waals surface area contributed by atoms with E-state index in [0.717, 1.165) is 18.2 Å². The third kappa shape index (κ3) is 2.00. The number of fused-ring (bicyclic) bond motifs is 3. The Morgan fingerprint density at radius 2 is 1.52 bits per heavy atom. The molecule has 1 aromatic rings. The largest absolute Gasteiger partial charge is 0.316 e. The highest BCUT2D eigenvalue weighted by Gasteiger charge is 2.38. The van der Waals surface area contributed by atoms with Gasteiger partial charge in [-0.1, -0.05) is 0 Å². The molecule has 1 aromatic carbocycles. The second-order valence-electron chi connectivity index (χ2n) is 4.72. The summed E-state index contributed by atoms with van der Waals surface area (Å²) >= 11 is 0. The van der Waals surface area contributed by atoms with Gasteiger partial charge < -0.3 is 0 Å². The lowest BCUT2D eigenvalue weighted by atomic mass is 9.93. The molecule has 0 spiro atoms. The Morgan fingerprint density at radius 1 is 0.826 bits per heavy atom. The predicted molar refractivity (Wildman–Crippen MR) is 75.8 cm³/mol. The van der Waals surface area contributed by atoms with Crippen LogP contribution in [0.1, 0.15) is 11.1 Å². The van der Waals surface area contributed by atoms with Crippen molar-refractivity contribution in [1.29, 1.82) is 0 Å². The Balaban J connectivity index is 2.27. The lowest BCUT2D eigenvalue weighted by Gasteiger charge is -2.09. The van der Waals surface area contributed by atoms with E-state index in [2.05, 4.69) is 0 Å². The summed E-state index contributed by atoms with van der Waals surface area (Å²) in [5.41, 5.74) is -1.47. The number of nitro benzene ring substituents is 2. The molecule has 0 amide bonds. The maximum atomic E-state index is 12.1. The topological polar surface area (TPSA) is 146 Å². The van der Waals surface area contributed by atoms with Crippen LogP contribution in [0.5, 0.6) is 0 Å². The Morgan fingerprint density at radius 3 is 2.09 bits per heavy atom. The molecule has 0 aromatic heterocycles. The average Bonchev–Trinajstić information content (AvgIpc) is 2.85. The minimum Gasteiger partial charge on any atom is -0.282 e. The number of carbonyl (C=O) groups excluding carboxylic acids is 1. The minimum absolute atomic E-state index is 0.0441. The first-order valence-corrected chi connectivity index (χ1v) is 6.11. The van der Waals surface area contributed by atoms with Crippen molar-refractivity contribution in [3.8, 4) is 0 Å². The van der Waals surface area contributed by atoms with Gasteiger partial charge in [0, 0.05) is 23.3 Å². The van der Waals surface area contributed by atoms with E-state index in [1.165, 1.54) is 12.2 Å². The van der Waals surface area contributed by atoms with Crippen molar-refractivity contribution in [2.45, 2.75) is 0 Å². The van der Waals surface area contributed by atoms with Gasteiger partial charge in [-0.15, -0.1) is 0 Å². The highest BCUT2D eigenvalue weighted by Crippen LogP contribution is 2.45. The van der Waals surface area contributed by atoms with Crippen LogP contribution in [0.15, 0.2) is 35.6 Å². The predicted octanol–water partition coefficient (Wildman–Crippen LogP) is 2.03. The highest BCUT2D eigenvalue weighted by atomic mass is 16.6. The SMILES string of the molecule is O=C1C2=Cc3cc([N+](=O)[O-])cc([N+](=O)[O-])c3C2=CC=C1[N+](=O)[O-]. The van der Waals surface area contributed by atoms with E-state index < -0.39 is 37.6 Å². The maximum absolute atomic E-state index is 12.1. The zero-order valence-corrected chi connectivity index (χ0v) is 11.1. The number of rotatable bonds is 3. The van der Waals surface area contributed by atoms with Crippen LogP contribution in [0, 0.1) is 30.3 Å². The van der Waals surface area contributed by atoms with Gasteiger partial charge >= 0.3 is 5.70 Å². The van der Waals surface area contributed by atoms with E-state index in [0.29, 0.717) is 0 Å². The lowest BCUT2D eigenvalue weighted by molar-refractivity contribution is -0.418. The fraction of sp³-hybridized carbons (Fsp3) is 0. The minimum atomic E-state index is -0.888. The fourth-order valence-electron chi connectivity index (χ4n) is 2.54. The number of hydrogen-bond donors (Lipinski definition) is 0. The molecule has 0 unspecified atom stereocenters. The first-order valence-electron chi connectivity index (χ1n) is 6.11. The molecule has 0 atom stereocenters. The Bertz CT molecular complexity index is 924. The van der Waals surface area contributed by atoms with Gasteiger partial charge in [0.05, 0.1) is 26.4 Å². The van der Waals surface area contributed by atoms with Gasteiger partial charge in [-0.3, -0.25) is 35.1 Å². The van der Waals surface area contributed by atoms with Crippen LogP contribution in [0.25, 0.3) is 11.6 Å². The van der Waals surface area contributed by atoms with Crippen molar-refractivity contribution >= 4 is 28.8 Å². The molecule has 10 heteroatoms. The van der Waals surface area contributed by atoms with Crippen molar-refractivity contribution < 1.29 is 19.6 Å². The third-order valence-electron chi connectivity index (χ3n) is 3.48. The molecule has 0 saturated heterocycles. The smallest absolute Gasteiger partial charge is 0.282 e. The van der Waals surface area contributed by atoms with E-state index in [9.17, 15) is 35.1 Å². The summed E-state index contributed by atoms with van der Waals surface area (Å²) in [5, 5.41) is 32.9. The van der Waals surface area contributed by atoms with Crippen LogP contribution in [0.3, 0.4) is 0 Å². The summed E-state index contributed by atoms with van der Waals surface area (Å²) in [7, 11) is 0. The van der Waals surface area contributed by atoms with Gasteiger partial charge in [-0.25, -0.2) is 0 Å². The first kappa shape index (κ1) is 14.3. The normalized spacial score (nSPS) is 15.1.